The van der Waals surface area contributed by atoms with E-state index < -0.39 is 0 Å². The quantitative estimate of drug-likeness (QED) is 0.192. The number of fused-ring (bicyclic) bond motifs is 5. The average Bonchev–Trinajstić information content (AvgIpc) is 3.90. The van der Waals surface area contributed by atoms with Crippen LogP contribution in [-0.4, -0.2) is 9.97 Å². The Bertz CT molecular complexity index is 2420. The maximum atomic E-state index is 6.28. The molecule has 0 aliphatic rings. The zero-order valence-electron chi connectivity index (χ0n) is 24.2. The molecular weight excluding hydrogens is 621 g/mol. The summed E-state index contributed by atoms with van der Waals surface area (Å²) in [5.74, 6) is 0.634. The molecule has 10 rings (SSSR count). The van der Waals surface area contributed by atoms with Crippen LogP contribution in [-0.2, 0) is 0 Å². The number of thiazole rings is 1. The Morgan fingerprint density at radius 2 is 0.978 bits per heavy atom. The number of benzene rings is 6. The van der Waals surface area contributed by atoms with Gasteiger partial charge in [0.2, 0.25) is 5.89 Å². The van der Waals surface area contributed by atoms with E-state index in [1.807, 2.05) is 22.7 Å². The molecule has 3 nitrogen and oxygen atoms in total. The van der Waals surface area contributed by atoms with Crippen LogP contribution in [0.15, 0.2) is 138 Å². The van der Waals surface area contributed by atoms with Crippen molar-refractivity contribution in [1.82, 2.24) is 9.97 Å². The Morgan fingerprint density at radius 1 is 0.413 bits per heavy atom. The molecule has 0 saturated carbocycles. The van der Waals surface area contributed by atoms with E-state index in [1.165, 1.54) is 41.1 Å². The second-order valence-electron chi connectivity index (χ2n) is 11.5. The molecule has 0 aliphatic heterocycles. The van der Waals surface area contributed by atoms with Crippen LogP contribution >= 0.6 is 34.0 Å². The maximum Gasteiger partial charge on any atom is 0.227 e. The summed E-state index contributed by atoms with van der Waals surface area (Å²) >= 11 is 5.38. The van der Waals surface area contributed by atoms with E-state index in [9.17, 15) is 0 Å². The second-order valence-corrected chi connectivity index (χ2v) is 14.7. The van der Waals surface area contributed by atoms with Crippen molar-refractivity contribution < 1.29 is 4.42 Å². The summed E-state index contributed by atoms with van der Waals surface area (Å²) in [6, 6.07) is 47.5. The van der Waals surface area contributed by atoms with Crippen molar-refractivity contribution in [2.45, 2.75) is 0 Å². The fraction of sp³-hybridized carbons (Fsp3) is 0. The number of oxazole rings is 1. The molecule has 6 heteroatoms. The Hall–Kier alpha value is -5.14. The zero-order chi connectivity index (χ0) is 30.2. The van der Waals surface area contributed by atoms with E-state index in [1.54, 1.807) is 11.3 Å². The van der Waals surface area contributed by atoms with Gasteiger partial charge in [0, 0.05) is 30.3 Å². The molecule has 4 aromatic heterocycles. The van der Waals surface area contributed by atoms with Crippen molar-refractivity contribution in [2.24, 2.45) is 0 Å². The molecule has 0 N–H and O–H groups in total. The van der Waals surface area contributed by atoms with Gasteiger partial charge in [-0.05, 0) is 93.3 Å². The zero-order valence-corrected chi connectivity index (χ0v) is 26.7. The summed E-state index contributed by atoms with van der Waals surface area (Å²) in [6.07, 6.45) is 0. The molecule has 0 fully saturated rings. The van der Waals surface area contributed by atoms with Crippen LogP contribution in [0.5, 0.6) is 0 Å². The lowest BCUT2D eigenvalue weighted by atomic mass is 10.1. The molecule has 0 amide bonds. The van der Waals surface area contributed by atoms with Crippen molar-refractivity contribution in [1.29, 1.82) is 0 Å². The lowest BCUT2D eigenvalue weighted by molar-refractivity contribution is 0.620. The Morgan fingerprint density at radius 3 is 1.63 bits per heavy atom. The third kappa shape index (κ3) is 4.37. The van der Waals surface area contributed by atoms with Crippen molar-refractivity contribution >= 4 is 86.3 Å². The molecule has 216 valence electrons. The largest absolute Gasteiger partial charge is 0.436 e. The van der Waals surface area contributed by atoms with Gasteiger partial charge in [0.1, 0.15) is 10.5 Å². The summed E-state index contributed by atoms with van der Waals surface area (Å²) < 4.78 is 10.1. The van der Waals surface area contributed by atoms with E-state index in [0.717, 1.165) is 48.2 Å². The lowest BCUT2D eigenvalue weighted by Crippen LogP contribution is -1.78. The molecule has 0 unspecified atom stereocenters. The van der Waals surface area contributed by atoms with E-state index in [4.69, 9.17) is 14.4 Å². The monoisotopic (exact) mass is 642 g/mol. The van der Waals surface area contributed by atoms with Gasteiger partial charge in [-0.2, -0.15) is 0 Å². The highest BCUT2D eigenvalue weighted by atomic mass is 32.1. The first kappa shape index (κ1) is 26.1. The first-order valence-corrected chi connectivity index (χ1v) is 17.5. The summed E-state index contributed by atoms with van der Waals surface area (Å²) in [5.41, 5.74) is 7.17. The van der Waals surface area contributed by atoms with E-state index >= 15 is 0 Å². The summed E-state index contributed by atoms with van der Waals surface area (Å²) in [5, 5.41) is 5.83. The van der Waals surface area contributed by atoms with Gasteiger partial charge < -0.3 is 4.42 Å². The van der Waals surface area contributed by atoms with Crippen LogP contribution in [0.2, 0.25) is 0 Å². The van der Waals surface area contributed by atoms with E-state index in [0.29, 0.717) is 5.89 Å². The van der Waals surface area contributed by atoms with Crippen LogP contribution < -0.4 is 0 Å². The molecule has 0 bridgehead atoms. The van der Waals surface area contributed by atoms with Gasteiger partial charge in [-0.15, -0.1) is 34.0 Å². The van der Waals surface area contributed by atoms with Gasteiger partial charge >= 0.3 is 0 Å². The molecule has 0 spiro atoms. The van der Waals surface area contributed by atoms with Crippen molar-refractivity contribution in [3.05, 3.63) is 133 Å². The van der Waals surface area contributed by atoms with Crippen molar-refractivity contribution in [3.63, 3.8) is 0 Å². The minimum Gasteiger partial charge on any atom is -0.436 e. The first-order chi connectivity index (χ1) is 22.7. The third-order valence-electron chi connectivity index (χ3n) is 8.54. The highest BCUT2D eigenvalue weighted by Gasteiger charge is 2.14. The van der Waals surface area contributed by atoms with Crippen LogP contribution in [0.4, 0.5) is 0 Å². The predicted molar refractivity (Wildman–Crippen MR) is 197 cm³/mol. The topological polar surface area (TPSA) is 38.9 Å². The molecule has 0 radical (unpaired) electrons. The number of nitrogens with zero attached hydrogens (tertiary/aromatic N) is 2. The highest BCUT2D eigenvalue weighted by molar-refractivity contribution is 7.22. The van der Waals surface area contributed by atoms with Gasteiger partial charge in [-0.25, -0.2) is 9.97 Å². The third-order valence-corrected chi connectivity index (χ3v) is 11.9. The average molecular weight is 643 g/mol. The summed E-state index contributed by atoms with van der Waals surface area (Å²) in [4.78, 5) is 12.4. The molecule has 10 aromatic rings. The lowest BCUT2D eigenvalue weighted by Gasteiger charge is -1.99. The summed E-state index contributed by atoms with van der Waals surface area (Å²) in [6.45, 7) is 0. The first-order valence-electron chi connectivity index (χ1n) is 15.0. The molecule has 6 aromatic carbocycles. The normalized spacial score (nSPS) is 11.9. The fourth-order valence-electron chi connectivity index (χ4n) is 6.14. The van der Waals surface area contributed by atoms with Crippen LogP contribution in [0.1, 0.15) is 0 Å². The minimum absolute atomic E-state index is 0.634. The van der Waals surface area contributed by atoms with E-state index in [-0.39, 0.29) is 0 Å². The van der Waals surface area contributed by atoms with Gasteiger partial charge in [-0.1, -0.05) is 72.8 Å². The number of hydrogen-bond donors (Lipinski definition) is 0. The van der Waals surface area contributed by atoms with Crippen molar-refractivity contribution in [2.75, 3.05) is 0 Å². The standard InChI is InChI=1S/C40H22N2OS3/c1-3-7-34-27(5-1)20-36(44-34)23-9-13-25(14-10-23)39-41-31-17-30-22-38-32(18-29(30)19-33(31)43-39)42-40(46-38)26-15-11-24(12-16-26)37-21-28-6-2-4-8-35(28)45-37/h1-22H. The Kier molecular flexibility index (Phi) is 5.78. The molecule has 46 heavy (non-hydrogen) atoms. The van der Waals surface area contributed by atoms with Gasteiger partial charge in [0.05, 0.1) is 10.2 Å². The molecule has 0 aliphatic carbocycles. The van der Waals surface area contributed by atoms with Crippen LogP contribution in [0.3, 0.4) is 0 Å². The Labute approximate surface area is 275 Å². The predicted octanol–water partition coefficient (Wildman–Crippen LogP) is 12.7. The second kappa shape index (κ2) is 10.2. The molecular formula is C40H22N2OS3. The van der Waals surface area contributed by atoms with Crippen molar-refractivity contribution in [3.8, 4) is 42.9 Å². The highest BCUT2D eigenvalue weighted by Crippen LogP contribution is 2.38. The Balaban J connectivity index is 0.948. The molecule has 0 saturated heterocycles. The molecule has 0 atom stereocenters. The smallest absolute Gasteiger partial charge is 0.227 e. The fourth-order valence-corrected chi connectivity index (χ4v) is 9.28. The van der Waals surface area contributed by atoms with Gasteiger partial charge in [0.25, 0.3) is 0 Å². The number of aromatic nitrogens is 2. The number of hydrogen-bond acceptors (Lipinski definition) is 6. The number of rotatable bonds is 4. The van der Waals surface area contributed by atoms with Crippen LogP contribution in [0.25, 0.3) is 95.2 Å². The SMILES string of the molecule is c1ccc2sc(-c3ccc(-c4nc5cc6cc7sc(-c8ccc(-c9cc%10ccccc%10s9)cc8)nc7cc6cc5o4)cc3)cc2c1. The van der Waals surface area contributed by atoms with Gasteiger partial charge in [-0.3, -0.25) is 0 Å². The summed E-state index contributed by atoms with van der Waals surface area (Å²) in [7, 11) is 0. The minimum atomic E-state index is 0.634. The molecule has 4 heterocycles. The van der Waals surface area contributed by atoms with Gasteiger partial charge in [0.15, 0.2) is 5.58 Å². The number of thiophene rings is 2. The van der Waals surface area contributed by atoms with Crippen LogP contribution in [0, 0.1) is 0 Å². The maximum absolute atomic E-state index is 6.28. The van der Waals surface area contributed by atoms with E-state index in [2.05, 4.69) is 133 Å².